The van der Waals surface area contributed by atoms with E-state index in [4.69, 9.17) is 9.47 Å². The zero-order valence-corrected chi connectivity index (χ0v) is 18.5. The third kappa shape index (κ3) is 6.09. The van der Waals surface area contributed by atoms with E-state index in [1.807, 2.05) is 13.8 Å². The molecule has 0 aliphatic rings. The summed E-state index contributed by atoms with van der Waals surface area (Å²) in [6, 6.07) is 9.19. The molecule has 2 aromatic carbocycles. The van der Waals surface area contributed by atoms with Gasteiger partial charge in [-0.05, 0) is 62.7 Å². The summed E-state index contributed by atoms with van der Waals surface area (Å²) in [4.78, 5) is 12.7. The van der Waals surface area contributed by atoms with Crippen LogP contribution in [0.1, 0.15) is 26.3 Å². The molecule has 0 spiro atoms. The van der Waals surface area contributed by atoms with Gasteiger partial charge in [0, 0.05) is 6.54 Å². The van der Waals surface area contributed by atoms with Crippen LogP contribution in [-0.4, -0.2) is 39.8 Å². The van der Waals surface area contributed by atoms with Gasteiger partial charge in [0.05, 0.1) is 25.2 Å². The molecule has 2 aromatic rings. The maximum Gasteiger partial charge on any atom is 0.243 e. The Labute approximate surface area is 176 Å². The van der Waals surface area contributed by atoms with Gasteiger partial charge in [0.2, 0.25) is 15.9 Å². The molecule has 0 saturated carbocycles. The first-order valence-electron chi connectivity index (χ1n) is 9.39. The van der Waals surface area contributed by atoms with Crippen LogP contribution in [-0.2, 0) is 21.4 Å². The lowest BCUT2D eigenvalue weighted by Gasteiger charge is -2.28. The first-order valence-corrected chi connectivity index (χ1v) is 11.2. The highest BCUT2D eigenvalue weighted by molar-refractivity contribution is 7.92. The Balaban J connectivity index is 2.15. The zero-order chi connectivity index (χ0) is 22.5. The minimum Gasteiger partial charge on any atom is -0.493 e. The van der Waals surface area contributed by atoms with Gasteiger partial charge in [-0.2, -0.15) is 0 Å². The van der Waals surface area contributed by atoms with Gasteiger partial charge in [-0.15, -0.1) is 0 Å². The fourth-order valence-corrected chi connectivity index (χ4v) is 4.08. The maximum absolute atomic E-state index is 13.2. The van der Waals surface area contributed by atoms with Crippen LogP contribution in [0, 0.1) is 5.82 Å². The number of rotatable bonds is 9. The molecule has 9 heteroatoms. The number of hydrogen-bond acceptors (Lipinski definition) is 5. The summed E-state index contributed by atoms with van der Waals surface area (Å²) >= 11 is 0. The zero-order valence-electron chi connectivity index (χ0n) is 17.7. The second-order valence-corrected chi connectivity index (χ2v) is 8.94. The van der Waals surface area contributed by atoms with Crippen molar-refractivity contribution in [2.45, 2.75) is 39.5 Å². The van der Waals surface area contributed by atoms with E-state index in [-0.39, 0.29) is 18.3 Å². The number of benzene rings is 2. The van der Waals surface area contributed by atoms with Gasteiger partial charge in [0.25, 0.3) is 0 Å². The maximum atomic E-state index is 13.2. The van der Waals surface area contributed by atoms with Crippen LogP contribution in [0.2, 0.25) is 0 Å². The van der Waals surface area contributed by atoms with Gasteiger partial charge >= 0.3 is 0 Å². The topological polar surface area (TPSA) is 84.9 Å². The molecule has 164 valence electrons. The Morgan fingerprint density at radius 2 is 1.73 bits per heavy atom. The molecule has 0 bridgehead atoms. The number of sulfonamides is 1. The predicted molar refractivity (Wildman–Crippen MR) is 114 cm³/mol. The van der Waals surface area contributed by atoms with Gasteiger partial charge in [0.1, 0.15) is 11.9 Å². The third-order valence-electron chi connectivity index (χ3n) is 4.23. The second-order valence-electron chi connectivity index (χ2n) is 7.08. The molecule has 1 atom stereocenters. The highest BCUT2D eigenvalue weighted by atomic mass is 32.2. The van der Waals surface area contributed by atoms with Crippen molar-refractivity contribution in [3.63, 3.8) is 0 Å². The lowest BCUT2D eigenvalue weighted by molar-refractivity contribution is -0.122. The van der Waals surface area contributed by atoms with Gasteiger partial charge in [-0.3, -0.25) is 9.10 Å². The predicted octanol–water partition coefficient (Wildman–Crippen LogP) is 3.09. The van der Waals surface area contributed by atoms with Crippen LogP contribution in [0.5, 0.6) is 11.5 Å². The van der Waals surface area contributed by atoms with Gasteiger partial charge in [-0.1, -0.05) is 6.07 Å². The highest BCUT2D eigenvalue weighted by Crippen LogP contribution is 2.29. The van der Waals surface area contributed by atoms with E-state index >= 15 is 0 Å². The van der Waals surface area contributed by atoms with Crippen LogP contribution < -0.4 is 19.1 Å². The smallest absolute Gasteiger partial charge is 0.243 e. The molecule has 0 unspecified atom stereocenters. The van der Waals surface area contributed by atoms with Crippen LogP contribution in [0.3, 0.4) is 0 Å². The number of hydrogen-bond donors (Lipinski definition) is 1. The molecule has 0 aromatic heterocycles. The summed E-state index contributed by atoms with van der Waals surface area (Å²) < 4.78 is 49.7. The van der Waals surface area contributed by atoms with Crippen LogP contribution in [0.25, 0.3) is 0 Å². The normalized spacial score (nSPS) is 12.4. The summed E-state index contributed by atoms with van der Waals surface area (Å²) in [7, 11) is -2.24. The molecule has 0 aliphatic heterocycles. The van der Waals surface area contributed by atoms with Crippen LogP contribution in [0.15, 0.2) is 42.5 Å². The fourth-order valence-electron chi connectivity index (χ4n) is 2.91. The quantitative estimate of drug-likeness (QED) is 0.650. The Hall–Kier alpha value is -2.81. The van der Waals surface area contributed by atoms with E-state index in [9.17, 15) is 17.6 Å². The number of carbonyl (C=O) groups is 1. The lowest BCUT2D eigenvalue weighted by Crippen LogP contribution is -2.47. The van der Waals surface area contributed by atoms with Crippen molar-refractivity contribution in [3.8, 4) is 11.5 Å². The molecule has 30 heavy (non-hydrogen) atoms. The Kier molecular flexibility index (Phi) is 7.66. The van der Waals surface area contributed by atoms with Gasteiger partial charge < -0.3 is 14.8 Å². The summed E-state index contributed by atoms with van der Waals surface area (Å²) in [6.45, 7) is 5.45. The molecule has 0 saturated heterocycles. The van der Waals surface area contributed by atoms with Crippen molar-refractivity contribution in [1.29, 1.82) is 0 Å². The number of amides is 1. The molecule has 1 N–H and O–H groups in total. The Morgan fingerprint density at radius 1 is 1.10 bits per heavy atom. The first-order chi connectivity index (χ1) is 14.0. The van der Waals surface area contributed by atoms with E-state index in [0.717, 1.165) is 28.3 Å². The number of nitrogens with zero attached hydrogens (tertiary/aromatic N) is 1. The number of methoxy groups -OCH3 is 1. The molecule has 0 aliphatic carbocycles. The van der Waals surface area contributed by atoms with E-state index in [1.54, 1.807) is 18.2 Å². The molecule has 2 rings (SSSR count). The van der Waals surface area contributed by atoms with E-state index < -0.39 is 27.8 Å². The van der Waals surface area contributed by atoms with Crippen molar-refractivity contribution >= 4 is 21.6 Å². The van der Waals surface area contributed by atoms with Crippen LogP contribution in [0.4, 0.5) is 10.1 Å². The van der Waals surface area contributed by atoms with E-state index in [0.29, 0.717) is 11.5 Å². The molecular formula is C21H27FN2O5S. The lowest BCUT2D eigenvalue weighted by atomic mass is 10.2. The van der Waals surface area contributed by atoms with Crippen LogP contribution >= 0.6 is 0 Å². The highest BCUT2D eigenvalue weighted by Gasteiger charge is 2.29. The Morgan fingerprint density at radius 3 is 2.27 bits per heavy atom. The number of nitrogens with one attached hydrogen (secondary N) is 1. The van der Waals surface area contributed by atoms with Gasteiger partial charge in [0.15, 0.2) is 11.5 Å². The Bertz CT molecular complexity index is 977. The van der Waals surface area contributed by atoms with Crippen molar-refractivity contribution in [2.24, 2.45) is 0 Å². The number of ether oxygens (including phenoxy) is 2. The summed E-state index contributed by atoms with van der Waals surface area (Å²) in [6.07, 6.45) is 0.983. The number of halogens is 1. The average Bonchev–Trinajstić information content (AvgIpc) is 2.67. The van der Waals surface area contributed by atoms with Crippen molar-refractivity contribution in [3.05, 3.63) is 53.8 Å². The van der Waals surface area contributed by atoms with Crippen molar-refractivity contribution in [2.75, 3.05) is 17.7 Å². The summed E-state index contributed by atoms with van der Waals surface area (Å²) in [5, 5.41) is 2.73. The largest absolute Gasteiger partial charge is 0.493 e. The summed E-state index contributed by atoms with van der Waals surface area (Å²) in [5.41, 5.74) is 0.967. The molecule has 0 fully saturated rings. The molecule has 0 heterocycles. The standard InChI is InChI=1S/C21H27FN2O5S/c1-14(2)29-19-11-6-16(12-20(19)28-4)13-23-21(25)15(3)24(30(5,26)27)18-9-7-17(22)8-10-18/h6-12,14-15H,13H2,1-5H3,(H,23,25)/t15-/m0/s1. The SMILES string of the molecule is COc1cc(CNC(=O)[C@H](C)N(c2ccc(F)cc2)S(C)(=O)=O)ccc1OC(C)C. The number of carbonyl (C=O) groups excluding carboxylic acids is 1. The minimum atomic E-state index is -3.77. The molecular weight excluding hydrogens is 411 g/mol. The summed E-state index contributed by atoms with van der Waals surface area (Å²) in [5.74, 6) is 0.137. The van der Waals surface area contributed by atoms with Crippen molar-refractivity contribution < 1.29 is 27.1 Å². The fraction of sp³-hybridized carbons (Fsp3) is 0.381. The van der Waals surface area contributed by atoms with Crippen molar-refractivity contribution in [1.82, 2.24) is 5.32 Å². The monoisotopic (exact) mass is 438 g/mol. The van der Waals surface area contributed by atoms with Gasteiger partial charge in [-0.25, -0.2) is 12.8 Å². The van der Waals surface area contributed by atoms with E-state index in [2.05, 4.69) is 5.32 Å². The van der Waals surface area contributed by atoms with E-state index in [1.165, 1.54) is 26.2 Å². The molecule has 0 radical (unpaired) electrons. The minimum absolute atomic E-state index is 0.0151. The first kappa shape index (κ1) is 23.5. The molecule has 7 nitrogen and oxygen atoms in total. The molecule has 1 amide bonds. The number of anilines is 1. The third-order valence-corrected chi connectivity index (χ3v) is 5.47. The second kappa shape index (κ2) is 9.80. The average molecular weight is 439 g/mol.